The van der Waals surface area contributed by atoms with E-state index >= 15 is 0 Å². The number of rotatable bonds is 4. The van der Waals surface area contributed by atoms with E-state index in [0.717, 1.165) is 44.3 Å². The number of hydrogen-bond donors (Lipinski definition) is 1. The van der Waals surface area contributed by atoms with Crippen molar-refractivity contribution in [3.63, 3.8) is 0 Å². The number of para-hydroxylation sites is 3. The fourth-order valence-electron chi connectivity index (χ4n) is 7.16. The molecule has 0 unspecified atom stereocenters. The summed E-state index contributed by atoms with van der Waals surface area (Å²) in [6, 6.07) is 46.0. The summed E-state index contributed by atoms with van der Waals surface area (Å²) in [4.78, 5) is 7.44. The van der Waals surface area contributed by atoms with Crippen LogP contribution in [-0.4, -0.2) is 9.55 Å². The molecule has 2 N–H and O–H groups in total. The van der Waals surface area contributed by atoms with Crippen LogP contribution in [-0.2, 0) is 6.54 Å². The van der Waals surface area contributed by atoms with Crippen molar-refractivity contribution in [2.45, 2.75) is 6.54 Å². The molecular formula is C42H28F2N4. The number of anilines is 3. The molecular weight excluding hydrogens is 598 g/mol. The first-order valence-corrected chi connectivity index (χ1v) is 15.8. The van der Waals surface area contributed by atoms with Crippen molar-refractivity contribution >= 4 is 38.9 Å². The molecule has 3 heterocycles. The number of aromatic nitrogens is 2. The molecule has 0 saturated heterocycles. The lowest BCUT2D eigenvalue weighted by atomic mass is 9.89. The fraction of sp³-hybridized carbons (Fsp3) is 0.0238. The molecule has 6 heteroatoms. The third-order valence-electron chi connectivity index (χ3n) is 9.27. The van der Waals surface area contributed by atoms with E-state index in [9.17, 15) is 8.78 Å². The first-order valence-electron chi connectivity index (χ1n) is 15.8. The van der Waals surface area contributed by atoms with E-state index in [1.54, 1.807) is 12.1 Å². The van der Waals surface area contributed by atoms with Crippen molar-refractivity contribution in [2.75, 3.05) is 10.6 Å². The van der Waals surface area contributed by atoms with Gasteiger partial charge in [-0.25, -0.2) is 13.8 Å². The third-order valence-corrected chi connectivity index (χ3v) is 9.27. The summed E-state index contributed by atoms with van der Waals surface area (Å²) in [6.07, 6.45) is 0. The Morgan fingerprint density at radius 1 is 0.583 bits per heavy atom. The molecule has 1 aliphatic heterocycles. The molecule has 0 aliphatic carbocycles. The van der Waals surface area contributed by atoms with Crippen LogP contribution >= 0.6 is 0 Å². The maximum atomic E-state index is 14.5. The van der Waals surface area contributed by atoms with Crippen molar-refractivity contribution < 1.29 is 8.78 Å². The van der Waals surface area contributed by atoms with Crippen LogP contribution in [0.4, 0.5) is 25.8 Å². The topological polar surface area (TPSA) is 47.1 Å². The van der Waals surface area contributed by atoms with Gasteiger partial charge in [-0.05, 0) is 89.0 Å². The fourth-order valence-corrected chi connectivity index (χ4v) is 7.16. The van der Waals surface area contributed by atoms with Crippen molar-refractivity contribution in [1.29, 1.82) is 0 Å². The van der Waals surface area contributed by atoms with Gasteiger partial charge in [0.1, 0.15) is 17.5 Å². The number of pyridine rings is 1. The molecule has 0 spiro atoms. The molecule has 9 rings (SSSR count). The number of nitrogen functional groups attached to an aromatic ring is 1. The molecule has 0 amide bonds. The molecule has 6 aromatic carbocycles. The zero-order valence-electron chi connectivity index (χ0n) is 25.7. The first-order chi connectivity index (χ1) is 23.5. The summed E-state index contributed by atoms with van der Waals surface area (Å²) >= 11 is 0. The summed E-state index contributed by atoms with van der Waals surface area (Å²) < 4.78 is 31.1. The molecule has 0 saturated carbocycles. The summed E-state index contributed by atoms with van der Waals surface area (Å²) in [5, 5.41) is 2.17. The van der Waals surface area contributed by atoms with E-state index in [1.807, 2.05) is 48.5 Å². The van der Waals surface area contributed by atoms with Gasteiger partial charge >= 0.3 is 0 Å². The second-order valence-electron chi connectivity index (χ2n) is 12.1. The average molecular weight is 627 g/mol. The Morgan fingerprint density at radius 2 is 1.31 bits per heavy atom. The summed E-state index contributed by atoms with van der Waals surface area (Å²) in [7, 11) is 0. The Balaban J connectivity index is 1.37. The lowest BCUT2D eigenvalue weighted by Gasteiger charge is -2.34. The molecule has 8 aromatic rings. The molecule has 0 fully saturated rings. The zero-order valence-corrected chi connectivity index (χ0v) is 25.7. The van der Waals surface area contributed by atoms with Gasteiger partial charge < -0.3 is 10.6 Å². The third kappa shape index (κ3) is 4.45. The number of nitrogens with two attached hydrogens (primary N) is 1. The summed E-state index contributed by atoms with van der Waals surface area (Å²) in [5.41, 5.74) is 17.5. The molecule has 0 bridgehead atoms. The average Bonchev–Trinajstić information content (AvgIpc) is 3.46. The number of fused-ring (bicyclic) bond motifs is 7. The Bertz CT molecular complexity index is 2490. The summed E-state index contributed by atoms with van der Waals surface area (Å²) in [5.74, 6) is -0.0304. The van der Waals surface area contributed by atoms with Crippen LogP contribution in [0.25, 0.3) is 61.1 Å². The van der Waals surface area contributed by atoms with E-state index in [-0.39, 0.29) is 11.6 Å². The molecule has 48 heavy (non-hydrogen) atoms. The van der Waals surface area contributed by atoms with E-state index in [1.165, 1.54) is 35.4 Å². The molecule has 230 valence electrons. The highest BCUT2D eigenvalue weighted by Gasteiger charge is 2.28. The van der Waals surface area contributed by atoms with Gasteiger partial charge in [0.15, 0.2) is 0 Å². The van der Waals surface area contributed by atoms with Crippen LogP contribution in [0.3, 0.4) is 0 Å². The quantitative estimate of drug-likeness (QED) is 0.198. The Labute approximate surface area is 276 Å². The predicted molar refractivity (Wildman–Crippen MR) is 191 cm³/mol. The molecule has 1 aliphatic rings. The Hall–Kier alpha value is -6.27. The highest BCUT2D eigenvalue weighted by atomic mass is 19.1. The smallest absolute Gasteiger partial charge is 0.138 e. The van der Waals surface area contributed by atoms with Gasteiger partial charge in [-0.2, -0.15) is 0 Å². The van der Waals surface area contributed by atoms with Crippen LogP contribution in [0.15, 0.2) is 146 Å². The van der Waals surface area contributed by atoms with Crippen molar-refractivity contribution in [1.82, 2.24) is 9.55 Å². The number of halogens is 2. The normalized spacial score (nSPS) is 12.3. The highest BCUT2D eigenvalue weighted by Crippen LogP contribution is 2.50. The highest BCUT2D eigenvalue weighted by molar-refractivity contribution is 6.19. The lowest BCUT2D eigenvalue weighted by molar-refractivity contribution is 0.628. The van der Waals surface area contributed by atoms with E-state index in [4.69, 9.17) is 10.7 Å². The van der Waals surface area contributed by atoms with Gasteiger partial charge in [-0.1, -0.05) is 78.9 Å². The zero-order chi connectivity index (χ0) is 32.4. The largest absolute Gasteiger partial charge is 0.397 e. The maximum Gasteiger partial charge on any atom is 0.138 e. The number of nitrogens with zero attached hydrogens (tertiary/aromatic N) is 3. The van der Waals surface area contributed by atoms with Crippen LogP contribution in [0.5, 0.6) is 0 Å². The molecule has 0 atom stereocenters. The first kappa shape index (κ1) is 28.0. The van der Waals surface area contributed by atoms with Crippen LogP contribution in [0, 0.1) is 11.6 Å². The molecule has 0 radical (unpaired) electrons. The minimum absolute atomic E-state index is 0.330. The number of hydrogen-bond acceptors (Lipinski definition) is 3. The standard InChI is InChI=1S/C42H28F2N4/c43-30-12-7-10-26(21-30)29-23-35(27-11-8-13-31(44)22-27)46-40(24-29)48-36-17-5-3-15-33(36)42-39(48)20-19-38-41(42)32-14-2-1-9-28(32)25-47(38)37-18-6-4-16-34(37)45/h1-24H,25,45H2. The van der Waals surface area contributed by atoms with Crippen molar-refractivity contribution in [3.8, 4) is 39.3 Å². The van der Waals surface area contributed by atoms with Gasteiger partial charge in [-0.3, -0.25) is 4.57 Å². The van der Waals surface area contributed by atoms with Crippen LogP contribution < -0.4 is 10.6 Å². The second kappa shape index (κ2) is 10.9. The second-order valence-corrected chi connectivity index (χ2v) is 12.1. The Kier molecular flexibility index (Phi) is 6.37. The van der Waals surface area contributed by atoms with Gasteiger partial charge in [0.05, 0.1) is 33.8 Å². The van der Waals surface area contributed by atoms with Crippen molar-refractivity contribution in [2.24, 2.45) is 0 Å². The minimum atomic E-state index is -0.349. The van der Waals surface area contributed by atoms with E-state index in [0.29, 0.717) is 34.9 Å². The van der Waals surface area contributed by atoms with Gasteiger partial charge in [0.2, 0.25) is 0 Å². The van der Waals surface area contributed by atoms with Gasteiger partial charge in [0.25, 0.3) is 0 Å². The van der Waals surface area contributed by atoms with Gasteiger partial charge in [-0.15, -0.1) is 0 Å². The Morgan fingerprint density at radius 3 is 2.15 bits per heavy atom. The van der Waals surface area contributed by atoms with Gasteiger partial charge in [0, 0.05) is 28.4 Å². The maximum absolute atomic E-state index is 14.5. The minimum Gasteiger partial charge on any atom is -0.397 e. The van der Waals surface area contributed by atoms with E-state index in [2.05, 4.69) is 70.1 Å². The van der Waals surface area contributed by atoms with Crippen molar-refractivity contribution in [3.05, 3.63) is 163 Å². The van der Waals surface area contributed by atoms with E-state index < -0.39 is 0 Å². The predicted octanol–water partition coefficient (Wildman–Crippen LogP) is 10.7. The lowest BCUT2D eigenvalue weighted by Crippen LogP contribution is -2.22. The number of benzene rings is 6. The SMILES string of the molecule is Nc1ccccc1N1Cc2ccccc2-c2c1ccc1c2c2ccccc2n1-c1cc(-c2cccc(F)c2)cc(-c2cccc(F)c2)n1. The summed E-state index contributed by atoms with van der Waals surface area (Å²) in [6.45, 7) is 0.690. The monoisotopic (exact) mass is 626 g/mol. The van der Waals surface area contributed by atoms with Crippen LogP contribution in [0.2, 0.25) is 0 Å². The molecule has 4 nitrogen and oxygen atoms in total. The van der Waals surface area contributed by atoms with Crippen LogP contribution in [0.1, 0.15) is 5.56 Å². The molecule has 2 aromatic heterocycles.